The molecule has 1 atom stereocenters. The van der Waals surface area contributed by atoms with Crippen molar-refractivity contribution in [3.05, 3.63) is 42.2 Å². The lowest BCUT2D eigenvalue weighted by molar-refractivity contribution is -0.129. The number of nitrogens with zero attached hydrogens (tertiary/aromatic N) is 3. The number of likely N-dealkylation sites (tertiary alicyclic amines) is 1. The van der Waals surface area contributed by atoms with E-state index in [9.17, 15) is 4.79 Å². The molecule has 0 unspecified atom stereocenters. The molecule has 1 fully saturated rings. The molecule has 30 heavy (non-hydrogen) atoms. The number of thioether (sulfide) groups is 1. The second kappa shape index (κ2) is 8.43. The van der Waals surface area contributed by atoms with Gasteiger partial charge in [-0.25, -0.2) is 0 Å². The van der Waals surface area contributed by atoms with Gasteiger partial charge in [-0.1, -0.05) is 17.8 Å². The van der Waals surface area contributed by atoms with Crippen LogP contribution >= 0.6 is 11.8 Å². The van der Waals surface area contributed by atoms with Crippen LogP contribution < -0.4 is 9.47 Å². The Kier molecular flexibility index (Phi) is 5.35. The number of furan rings is 1. The fourth-order valence-electron chi connectivity index (χ4n) is 3.77. The topological polar surface area (TPSA) is 90.8 Å². The molecule has 0 bridgehead atoms. The van der Waals surface area contributed by atoms with Crippen molar-refractivity contribution in [3.8, 4) is 23.1 Å². The van der Waals surface area contributed by atoms with Crippen molar-refractivity contribution in [3.63, 3.8) is 0 Å². The number of aromatic nitrogens is 2. The zero-order valence-corrected chi connectivity index (χ0v) is 17.1. The van der Waals surface area contributed by atoms with Crippen LogP contribution in [0, 0.1) is 0 Å². The first-order valence-corrected chi connectivity index (χ1v) is 11.0. The van der Waals surface area contributed by atoms with Gasteiger partial charge >= 0.3 is 0 Å². The third kappa shape index (κ3) is 3.89. The molecule has 1 aromatic carbocycles. The van der Waals surface area contributed by atoms with E-state index in [1.165, 1.54) is 11.8 Å². The summed E-state index contributed by atoms with van der Waals surface area (Å²) in [6.07, 6.45) is 4.31. The second-order valence-electron chi connectivity index (χ2n) is 7.14. The lowest BCUT2D eigenvalue weighted by Crippen LogP contribution is -2.32. The summed E-state index contributed by atoms with van der Waals surface area (Å²) in [4.78, 5) is 14.8. The average Bonchev–Trinajstić information content (AvgIpc) is 3.51. The molecule has 2 aliphatic rings. The number of amides is 1. The summed E-state index contributed by atoms with van der Waals surface area (Å²) >= 11 is 1.24. The van der Waals surface area contributed by atoms with Crippen molar-refractivity contribution < 1.29 is 23.1 Å². The molecule has 3 aromatic rings. The molecule has 8 nitrogen and oxygen atoms in total. The van der Waals surface area contributed by atoms with E-state index >= 15 is 0 Å². The Morgan fingerprint density at radius 2 is 2.03 bits per heavy atom. The molecule has 2 aliphatic heterocycles. The first-order chi connectivity index (χ1) is 14.8. The molecule has 5 rings (SSSR count). The zero-order valence-electron chi connectivity index (χ0n) is 16.3. The van der Waals surface area contributed by atoms with E-state index in [0.717, 1.165) is 42.9 Å². The first-order valence-electron chi connectivity index (χ1n) is 9.97. The number of benzene rings is 1. The number of carbonyl (C=O) groups is 1. The van der Waals surface area contributed by atoms with E-state index in [1.54, 1.807) is 18.4 Å². The lowest BCUT2D eigenvalue weighted by atomic mass is 10.0. The molecule has 1 saturated heterocycles. The van der Waals surface area contributed by atoms with Crippen molar-refractivity contribution in [2.45, 2.75) is 30.5 Å². The van der Waals surface area contributed by atoms with Gasteiger partial charge in [0.05, 0.1) is 31.3 Å². The molecule has 0 saturated carbocycles. The maximum absolute atomic E-state index is 12.9. The molecule has 156 valence electrons. The summed E-state index contributed by atoms with van der Waals surface area (Å²) < 4.78 is 22.4. The fraction of sp³-hybridized carbons (Fsp3) is 0.381. The van der Waals surface area contributed by atoms with Crippen molar-refractivity contribution in [2.24, 2.45) is 0 Å². The van der Waals surface area contributed by atoms with Crippen LogP contribution in [0.5, 0.6) is 11.5 Å². The van der Waals surface area contributed by atoms with Gasteiger partial charge in [0.1, 0.15) is 0 Å². The van der Waals surface area contributed by atoms with Crippen LogP contribution in [0.1, 0.15) is 30.9 Å². The minimum Gasteiger partial charge on any atom is -0.490 e. The van der Waals surface area contributed by atoms with Gasteiger partial charge in [-0.05, 0) is 42.7 Å². The number of fused-ring (bicyclic) bond motifs is 1. The van der Waals surface area contributed by atoms with Gasteiger partial charge in [-0.15, -0.1) is 10.2 Å². The van der Waals surface area contributed by atoms with Gasteiger partial charge in [-0.2, -0.15) is 0 Å². The maximum atomic E-state index is 12.9. The number of carbonyl (C=O) groups excluding carboxylic acids is 1. The highest BCUT2D eigenvalue weighted by atomic mass is 32.2. The number of ether oxygens (including phenoxy) is 2. The minimum absolute atomic E-state index is 0.0385. The Hall–Kier alpha value is -2.94. The normalized spacial score (nSPS) is 18.4. The van der Waals surface area contributed by atoms with Crippen molar-refractivity contribution >= 4 is 17.7 Å². The number of hydrogen-bond donors (Lipinski definition) is 0. The summed E-state index contributed by atoms with van der Waals surface area (Å²) in [5.41, 5.74) is 1.08. The van der Waals surface area contributed by atoms with E-state index in [0.29, 0.717) is 30.1 Å². The predicted molar refractivity (Wildman–Crippen MR) is 108 cm³/mol. The third-order valence-electron chi connectivity index (χ3n) is 5.19. The van der Waals surface area contributed by atoms with Crippen molar-refractivity contribution in [2.75, 3.05) is 25.5 Å². The standard InChI is InChI=1S/C21H21N3O5S/c25-19(13-30-21-23-22-20(29-21)17-5-2-9-27-17)24-8-1-4-15(24)14-6-7-16-18(12-14)28-11-3-10-26-16/h2,5-7,9,12,15H,1,3-4,8,10-11,13H2/t15-/m1/s1. The van der Waals surface area contributed by atoms with Gasteiger partial charge in [0.15, 0.2) is 17.3 Å². The maximum Gasteiger partial charge on any atom is 0.284 e. The highest BCUT2D eigenvalue weighted by molar-refractivity contribution is 7.99. The Morgan fingerprint density at radius 3 is 2.90 bits per heavy atom. The van der Waals surface area contributed by atoms with Crippen molar-refractivity contribution in [1.82, 2.24) is 15.1 Å². The monoisotopic (exact) mass is 427 g/mol. The Balaban J connectivity index is 1.25. The van der Waals surface area contributed by atoms with E-state index in [4.69, 9.17) is 18.3 Å². The highest BCUT2D eigenvalue weighted by Crippen LogP contribution is 2.38. The first kappa shape index (κ1) is 19.0. The molecule has 0 radical (unpaired) electrons. The van der Waals surface area contributed by atoms with Crippen LogP contribution in [0.2, 0.25) is 0 Å². The van der Waals surface area contributed by atoms with Crippen LogP contribution in [-0.4, -0.2) is 46.5 Å². The molecule has 0 spiro atoms. The van der Waals surface area contributed by atoms with E-state index in [1.807, 2.05) is 23.1 Å². The van der Waals surface area contributed by atoms with E-state index in [-0.39, 0.29) is 17.7 Å². The van der Waals surface area contributed by atoms with E-state index < -0.39 is 0 Å². The SMILES string of the molecule is O=C(CSc1nnc(-c2ccco2)o1)N1CCC[C@@H]1c1ccc2c(c1)OCCCO2. The van der Waals surface area contributed by atoms with E-state index in [2.05, 4.69) is 10.2 Å². The zero-order chi connectivity index (χ0) is 20.3. The third-order valence-corrected chi connectivity index (χ3v) is 5.99. The molecule has 4 heterocycles. The summed E-state index contributed by atoms with van der Waals surface area (Å²) in [6.45, 7) is 2.04. The van der Waals surface area contributed by atoms with Gasteiger partial charge in [0, 0.05) is 13.0 Å². The fourth-order valence-corrected chi connectivity index (χ4v) is 4.42. The van der Waals surface area contributed by atoms with Crippen LogP contribution in [0.15, 0.2) is 50.7 Å². The van der Waals surface area contributed by atoms with Crippen molar-refractivity contribution in [1.29, 1.82) is 0 Å². The summed E-state index contributed by atoms with van der Waals surface area (Å²) in [7, 11) is 0. The van der Waals surface area contributed by atoms with Crippen LogP contribution in [-0.2, 0) is 4.79 Å². The van der Waals surface area contributed by atoms with Gasteiger partial charge in [0.2, 0.25) is 5.91 Å². The average molecular weight is 427 g/mol. The molecular weight excluding hydrogens is 406 g/mol. The minimum atomic E-state index is 0.0385. The molecular formula is C21H21N3O5S. The molecule has 1 amide bonds. The molecule has 9 heteroatoms. The number of hydrogen-bond acceptors (Lipinski definition) is 8. The Morgan fingerprint density at radius 1 is 1.13 bits per heavy atom. The van der Waals surface area contributed by atoms with Crippen LogP contribution in [0.3, 0.4) is 0 Å². The summed E-state index contributed by atoms with van der Waals surface area (Å²) in [5, 5.41) is 8.30. The number of rotatable bonds is 5. The summed E-state index contributed by atoms with van der Waals surface area (Å²) in [5.74, 6) is 2.63. The molecule has 0 aliphatic carbocycles. The van der Waals surface area contributed by atoms with Crippen LogP contribution in [0.4, 0.5) is 0 Å². The largest absolute Gasteiger partial charge is 0.490 e. The smallest absolute Gasteiger partial charge is 0.284 e. The highest BCUT2D eigenvalue weighted by Gasteiger charge is 2.31. The lowest BCUT2D eigenvalue weighted by Gasteiger charge is -2.25. The Labute approximate surface area is 177 Å². The second-order valence-corrected chi connectivity index (χ2v) is 8.07. The molecule has 0 N–H and O–H groups in total. The van der Waals surface area contributed by atoms with Gasteiger partial charge < -0.3 is 23.2 Å². The summed E-state index contributed by atoms with van der Waals surface area (Å²) in [6, 6.07) is 9.53. The van der Waals surface area contributed by atoms with Crippen LogP contribution in [0.25, 0.3) is 11.7 Å². The van der Waals surface area contributed by atoms with Gasteiger partial charge in [-0.3, -0.25) is 4.79 Å². The van der Waals surface area contributed by atoms with Gasteiger partial charge in [0.25, 0.3) is 11.1 Å². The Bertz CT molecular complexity index is 1020. The molecule has 2 aromatic heterocycles. The quantitative estimate of drug-likeness (QED) is 0.566. The predicted octanol–water partition coefficient (Wildman–Crippen LogP) is 3.95.